The van der Waals surface area contributed by atoms with Crippen LogP contribution in [0, 0.1) is 0 Å². The lowest BCUT2D eigenvalue weighted by molar-refractivity contribution is 0.279. The van der Waals surface area contributed by atoms with Crippen LogP contribution in [0.5, 0.6) is 23.0 Å². The van der Waals surface area contributed by atoms with Crippen LogP contribution in [-0.2, 0) is 39.2 Å². The molecule has 4 aromatic rings. The van der Waals surface area contributed by atoms with Gasteiger partial charge in [-0.15, -0.1) is 10.2 Å². The van der Waals surface area contributed by atoms with Crippen molar-refractivity contribution in [3.05, 3.63) is 124 Å². The molecule has 4 N–H and O–H groups in total. The lowest BCUT2D eigenvalue weighted by Gasteiger charge is -2.22. The van der Waals surface area contributed by atoms with Crippen molar-refractivity contribution in [2.75, 3.05) is 39.9 Å². The van der Waals surface area contributed by atoms with E-state index in [4.69, 9.17) is 47.5 Å². The zero-order chi connectivity index (χ0) is 45.1. The first-order chi connectivity index (χ1) is 29.4. The first-order valence-electron chi connectivity index (χ1n) is 17.5. The summed E-state index contributed by atoms with van der Waals surface area (Å²) in [6, 6.07) is 29.0. The Morgan fingerprint density at radius 1 is 0.790 bits per heavy atom. The van der Waals surface area contributed by atoms with Crippen molar-refractivity contribution in [2.45, 2.75) is 6.42 Å². The van der Waals surface area contributed by atoms with Crippen LogP contribution in [0.15, 0.2) is 117 Å². The Balaban J connectivity index is 1.15. The maximum atomic E-state index is 11.4. The highest BCUT2D eigenvalue weighted by Crippen LogP contribution is 2.63. The number of hydrazone groups is 2. The fourth-order valence-electron chi connectivity index (χ4n) is 4.62. The molecule has 0 spiro atoms. The number of hydrogen-bond donors (Lipinski definition) is 4. The standard InChI is InChI=1S/C33H39N9O10P8S2/c1-40(57(61)51-31-13-3-26(4-14-31)19-20-42(24-59(43,44)45)25-60(46,47)48)35-21-27-5-9-29(10-6-27)49-23-37-54-33-17-15-32(16-18-33)52-58(62)41(2)36-22-28-7-11-30(12-8-28)50-55-56(53)39-38-34/h3-18,21-22,55H,19-20,23-25,53H2,1-2H3,(H2-2,43,44,45,46,47,48)/p+2. The van der Waals surface area contributed by atoms with Crippen molar-refractivity contribution in [3.8, 4) is 23.0 Å². The molecule has 0 heterocycles. The molecule has 328 valence electrons. The van der Waals surface area contributed by atoms with Crippen LogP contribution >= 0.6 is 62.6 Å². The second-order valence-electron chi connectivity index (χ2n) is 12.4. The van der Waals surface area contributed by atoms with Gasteiger partial charge in [0.2, 0.25) is 23.6 Å². The summed E-state index contributed by atoms with van der Waals surface area (Å²) in [5.41, 5.74) is 10.9. The second kappa shape index (κ2) is 26.1. The third kappa shape index (κ3) is 20.7. The van der Waals surface area contributed by atoms with Crippen molar-refractivity contribution < 1.29 is 47.0 Å². The topological polar surface area (TPSA) is 248 Å². The Labute approximate surface area is 376 Å². The molecule has 0 aliphatic rings. The summed E-state index contributed by atoms with van der Waals surface area (Å²) >= 11 is 11.0. The molecule has 29 heteroatoms. The first-order valence-corrected chi connectivity index (χ1v) is 31.1. The van der Waals surface area contributed by atoms with Crippen molar-refractivity contribution in [1.29, 1.82) is 0 Å². The van der Waals surface area contributed by atoms with Crippen LogP contribution < -0.4 is 23.6 Å². The highest BCUT2D eigenvalue weighted by molar-refractivity contribution is 8.46. The van der Waals surface area contributed by atoms with E-state index < -0.39 is 49.4 Å². The van der Waals surface area contributed by atoms with Crippen LogP contribution in [0.1, 0.15) is 16.7 Å². The fraction of sp³-hybridized carbons (Fsp3) is 0.212. The molecule has 0 aromatic heterocycles. The number of azide groups is 1. The molecule has 0 aliphatic heterocycles. The third-order valence-electron chi connectivity index (χ3n) is 7.46. The number of rotatable bonds is 25. The quantitative estimate of drug-likeness (QED) is 0.0121. The van der Waals surface area contributed by atoms with Gasteiger partial charge in [0.25, 0.3) is 0 Å². The van der Waals surface area contributed by atoms with Crippen LogP contribution in [0.25, 0.3) is 10.4 Å². The van der Waals surface area contributed by atoms with E-state index >= 15 is 0 Å². The Bertz CT molecular complexity index is 2320. The zero-order valence-corrected chi connectivity index (χ0v) is 41.9. The second-order valence-corrected chi connectivity index (χ2v) is 27.2. The van der Waals surface area contributed by atoms with Gasteiger partial charge in [0.15, 0.2) is 18.2 Å². The molecule has 4 rings (SSSR count). The van der Waals surface area contributed by atoms with E-state index in [2.05, 4.69) is 33.7 Å². The number of benzene rings is 4. The molecule has 5 atom stereocenters. The zero-order valence-electron chi connectivity index (χ0n) is 32.8. The van der Waals surface area contributed by atoms with E-state index in [-0.39, 0.29) is 21.8 Å². The molecule has 0 saturated carbocycles. The average molecular weight is 1040 g/mol. The Morgan fingerprint density at radius 3 is 1.74 bits per heavy atom. The van der Waals surface area contributed by atoms with Crippen LogP contribution in [-0.4, -0.2) is 86.4 Å². The summed E-state index contributed by atoms with van der Waals surface area (Å²) in [7, 11) is -6.26. The molecule has 0 aliphatic carbocycles. The van der Waals surface area contributed by atoms with Gasteiger partial charge in [0, 0.05) is 25.1 Å². The van der Waals surface area contributed by atoms with E-state index in [1.807, 2.05) is 72.8 Å². The Morgan fingerprint density at radius 2 is 1.26 bits per heavy atom. The minimum Gasteiger partial charge on any atom is -0.472 e. The van der Waals surface area contributed by atoms with Gasteiger partial charge in [0.05, 0.1) is 34.0 Å². The number of ether oxygens (including phenoxy) is 1. The minimum absolute atomic E-state index is 0.0342. The normalized spacial score (nSPS) is 13.1. The predicted molar refractivity (Wildman–Crippen MR) is 260 cm³/mol. The highest BCUT2D eigenvalue weighted by atomic mass is 32.4. The molecular formula is C33H41N9O10P8S2+2. The van der Waals surface area contributed by atoms with Crippen LogP contribution in [0.2, 0.25) is 0 Å². The maximum absolute atomic E-state index is 11.4. The van der Waals surface area contributed by atoms with E-state index in [1.54, 1.807) is 55.6 Å². The third-order valence-corrected chi connectivity index (χ3v) is 16.7. The summed E-state index contributed by atoms with van der Waals surface area (Å²) in [6.07, 6.45) is 2.11. The lowest BCUT2D eigenvalue weighted by Crippen LogP contribution is -2.28. The van der Waals surface area contributed by atoms with Gasteiger partial charge in [-0.05, 0) is 114 Å². The van der Waals surface area contributed by atoms with E-state index in [0.717, 1.165) is 35.3 Å². The molecule has 19 nitrogen and oxygen atoms in total. The SMILES string of the molecule is CN(N=Cc1ccc(OCN=Pc2ccc(O[P+](=S)N(C)N=Cc3ccc(OPP(P)N=[N+]=[N-])cc3)cc2)cc1)[P+](=S)Oc1ccc(CCN(CP(=O)(O)O)CP(=O)(O)O)cc1. The summed E-state index contributed by atoms with van der Waals surface area (Å²) in [5.74, 6) is 2.42. The summed E-state index contributed by atoms with van der Waals surface area (Å²) < 4.78 is 53.6. The summed E-state index contributed by atoms with van der Waals surface area (Å²) in [5, 5.41) is 9.76. The van der Waals surface area contributed by atoms with Gasteiger partial charge in [0.1, 0.15) is 32.6 Å². The molecule has 5 unspecified atom stereocenters. The number of nitrogens with zero attached hydrogens (tertiary/aromatic N) is 9. The van der Waals surface area contributed by atoms with Crippen LogP contribution in [0.3, 0.4) is 0 Å². The maximum Gasteiger partial charge on any atom is 0.540 e. The van der Waals surface area contributed by atoms with Crippen molar-refractivity contribution >= 4 is 104 Å². The van der Waals surface area contributed by atoms with Crippen molar-refractivity contribution in [1.82, 2.24) is 14.5 Å². The fourth-order valence-corrected chi connectivity index (χ4v) is 10.6. The molecule has 0 radical (unpaired) electrons. The molecule has 62 heavy (non-hydrogen) atoms. The van der Waals surface area contributed by atoms with Gasteiger partial charge in [-0.25, -0.2) is 4.74 Å². The van der Waals surface area contributed by atoms with Gasteiger partial charge < -0.3 is 28.8 Å². The summed E-state index contributed by atoms with van der Waals surface area (Å²) in [4.78, 5) is 44.5. The highest BCUT2D eigenvalue weighted by Gasteiger charge is 2.26. The molecular weight excluding hydrogens is 994 g/mol. The van der Waals surface area contributed by atoms with Gasteiger partial charge in [-0.3, -0.25) is 23.1 Å². The largest absolute Gasteiger partial charge is 0.540 e. The Kier molecular flexibility index (Phi) is 21.7. The Hall–Kier alpha value is -2.98. The molecule has 0 bridgehead atoms. The first kappa shape index (κ1) is 51.7. The van der Waals surface area contributed by atoms with E-state index in [9.17, 15) is 28.7 Å². The van der Waals surface area contributed by atoms with Crippen LogP contribution in [0.4, 0.5) is 0 Å². The van der Waals surface area contributed by atoms with Crippen molar-refractivity contribution in [3.63, 3.8) is 0 Å². The molecule has 0 saturated heterocycles. The van der Waals surface area contributed by atoms with Crippen molar-refractivity contribution in [2.24, 2.45) is 19.8 Å². The average Bonchev–Trinajstić information content (AvgIpc) is 3.22. The summed E-state index contributed by atoms with van der Waals surface area (Å²) in [6.45, 7) is 0.180. The van der Waals surface area contributed by atoms with Gasteiger partial charge in [-0.2, -0.15) is 0 Å². The lowest BCUT2D eigenvalue weighted by atomic mass is 10.1. The molecule has 0 amide bonds. The minimum atomic E-state index is -4.51. The smallest absolute Gasteiger partial charge is 0.472 e. The molecule has 4 aromatic carbocycles. The van der Waals surface area contributed by atoms with E-state index in [1.165, 1.54) is 4.78 Å². The van der Waals surface area contributed by atoms with Gasteiger partial charge in [-0.1, -0.05) is 35.5 Å². The molecule has 0 fully saturated rings. The monoisotopic (exact) mass is 1040 g/mol. The van der Waals surface area contributed by atoms with E-state index in [0.29, 0.717) is 29.4 Å². The van der Waals surface area contributed by atoms with Gasteiger partial charge >= 0.3 is 29.3 Å². The predicted octanol–water partition coefficient (Wildman–Crippen LogP) is 9.21. The number of hydrogen-bond acceptors (Lipinski definition) is 13.